The summed E-state index contributed by atoms with van der Waals surface area (Å²) in [5.74, 6) is -5.15. The van der Waals surface area contributed by atoms with Crippen molar-refractivity contribution in [3.8, 4) is 0 Å². The van der Waals surface area contributed by atoms with Gasteiger partial charge in [-0.25, -0.2) is 0 Å². The SMILES string of the molecule is CC(=O)CC(=O)CC(=O)N[SH2+].CC(=O)CC(=O)CC(=O)N[SH2+].CC(=O)CC(=O)CC(=O)N[SH2+].CC(=O)CC(=O)CC(=O)N[SH2+].CC(=O)CC(=O)CC(=O)N[SH2+].[F-].[F-].[F-].[F-].[F-]. The number of nitrogens with one attached hydrogen (secondary N) is 5. The van der Waals surface area contributed by atoms with Crippen LogP contribution in [-0.2, 0) is 136 Å². The van der Waals surface area contributed by atoms with E-state index < -0.39 is 29.5 Å². The largest absolute Gasteiger partial charge is 1.00 e. The summed E-state index contributed by atoms with van der Waals surface area (Å²) in [5, 5.41) is 0. The highest BCUT2D eigenvalue weighted by molar-refractivity contribution is 7.57. The summed E-state index contributed by atoms with van der Waals surface area (Å²) in [5.41, 5.74) is 0. The van der Waals surface area contributed by atoms with Crippen molar-refractivity contribution in [2.75, 3.05) is 0 Å². The highest BCUT2D eigenvalue weighted by atomic mass is 32.1. The van der Waals surface area contributed by atoms with E-state index in [-0.39, 0.29) is 146 Å². The molecule has 350 valence electrons. The predicted molar refractivity (Wildman–Crippen MR) is 216 cm³/mol. The van der Waals surface area contributed by atoms with Gasteiger partial charge in [0.25, 0.3) is 29.5 Å². The minimum atomic E-state index is -0.437. The Morgan fingerprint density at radius 3 is 0.417 bits per heavy atom. The van der Waals surface area contributed by atoms with Gasteiger partial charge in [-0.2, -0.15) is 23.6 Å². The highest BCUT2D eigenvalue weighted by Gasteiger charge is 2.14. The first-order chi connectivity index (χ1) is 25.3. The van der Waals surface area contributed by atoms with Crippen LogP contribution in [0.25, 0.3) is 0 Å². The molecule has 0 aliphatic heterocycles. The van der Waals surface area contributed by atoms with Crippen molar-refractivity contribution >= 4 is 151 Å². The van der Waals surface area contributed by atoms with E-state index in [9.17, 15) is 71.9 Å². The molecule has 0 heterocycles. The lowest BCUT2D eigenvalue weighted by molar-refractivity contribution is -0.131. The molecule has 0 aromatic carbocycles. The fourth-order valence-electron chi connectivity index (χ4n) is 2.82. The first-order valence-corrected chi connectivity index (χ1v) is 17.6. The Kier molecular flexibility index (Phi) is 67.1. The molecule has 5 N–H and O–H groups in total. The molecule has 0 aromatic heterocycles. The summed E-state index contributed by atoms with van der Waals surface area (Å²) in [4.78, 5) is 158. The van der Waals surface area contributed by atoms with E-state index in [1.807, 2.05) is 0 Å². The van der Waals surface area contributed by atoms with Gasteiger partial charge in [-0.05, 0) is 34.6 Å². The van der Waals surface area contributed by atoms with Crippen LogP contribution in [0.15, 0.2) is 0 Å². The number of ketones is 10. The lowest BCUT2D eigenvalue weighted by Gasteiger charge is -1.92. The standard InChI is InChI=1S/5C6H9NO3S.5FH/c5*1-4(8)2-5(9)3-6(10)7-11;;;;;/h5*11H,2-3H2,1H3,(H,7,10);5*1H. The van der Waals surface area contributed by atoms with Crippen LogP contribution in [0.1, 0.15) is 98.8 Å². The minimum absolute atomic E-state index is 0. The molecule has 0 radical (unpaired) electrons. The number of hydrogen-bond acceptors (Lipinski definition) is 15. The summed E-state index contributed by atoms with van der Waals surface area (Å²) in [6, 6.07) is 0. The van der Waals surface area contributed by atoms with Gasteiger partial charge in [-0.1, -0.05) is 0 Å². The van der Waals surface area contributed by atoms with Crippen LogP contribution < -0.4 is 47.1 Å². The van der Waals surface area contributed by atoms with Crippen LogP contribution in [0.5, 0.6) is 0 Å². The Morgan fingerprint density at radius 1 is 0.250 bits per heavy atom. The van der Waals surface area contributed by atoms with E-state index in [0.29, 0.717) is 0 Å². The van der Waals surface area contributed by atoms with Crippen LogP contribution in [-0.4, -0.2) is 87.4 Å². The molecule has 5 amide bonds. The van der Waals surface area contributed by atoms with E-state index in [1.54, 1.807) is 0 Å². The quantitative estimate of drug-likeness (QED) is 0.0430. The Hall–Kier alpha value is -4.55. The topological polar surface area (TPSA) is 316 Å². The molecule has 0 saturated heterocycles. The molecule has 0 fully saturated rings. The fourth-order valence-corrected chi connectivity index (χ4v) is 3.26. The van der Waals surface area contributed by atoms with Crippen molar-refractivity contribution in [2.24, 2.45) is 0 Å². The van der Waals surface area contributed by atoms with Crippen LogP contribution in [0.3, 0.4) is 0 Å². The van der Waals surface area contributed by atoms with Crippen LogP contribution in [0.2, 0.25) is 0 Å². The number of Topliss-reactive ketones (excluding diaryl/α,β-unsaturated/α-hetero) is 10. The smallest absolute Gasteiger partial charge is 0.268 e. The minimum Gasteiger partial charge on any atom is -1.00 e. The third-order valence-electron chi connectivity index (χ3n) is 4.72. The van der Waals surface area contributed by atoms with Crippen molar-refractivity contribution in [2.45, 2.75) is 98.8 Å². The monoisotopic (exact) mass is 975 g/mol. The van der Waals surface area contributed by atoms with Gasteiger partial charge in [0.15, 0.2) is 0 Å². The third-order valence-corrected chi connectivity index (χ3v) is 6.11. The molecule has 0 saturated carbocycles. The van der Waals surface area contributed by atoms with Crippen LogP contribution in [0.4, 0.5) is 0 Å². The van der Waals surface area contributed by atoms with E-state index in [0.717, 1.165) is 0 Å². The maximum atomic E-state index is 10.7. The van der Waals surface area contributed by atoms with Gasteiger partial charge in [0.1, 0.15) is 57.8 Å². The normalized spacial score (nSPS) is 8.17. The Bertz CT molecular complexity index is 1220. The van der Waals surface area contributed by atoms with Crippen LogP contribution >= 0.6 is 0 Å². The van der Waals surface area contributed by atoms with Gasteiger partial charge in [0, 0.05) is 0 Å². The second-order valence-corrected chi connectivity index (χ2v) is 12.0. The summed E-state index contributed by atoms with van der Waals surface area (Å²) in [6.45, 7) is 6.55. The zero-order valence-electron chi connectivity index (χ0n) is 32.6. The molecule has 0 atom stereocenters. The molecule has 20 nitrogen and oxygen atoms in total. The number of halogens is 5. The van der Waals surface area contributed by atoms with E-state index in [2.05, 4.69) is 87.7 Å². The lowest BCUT2D eigenvalue weighted by atomic mass is 10.1. The fraction of sp³-hybridized carbons (Fsp3) is 0.500. The molecule has 0 aromatic rings. The highest BCUT2D eigenvalue weighted by Crippen LogP contribution is 1.93. The zero-order chi connectivity index (χ0) is 44.3. The summed E-state index contributed by atoms with van der Waals surface area (Å²) < 4.78 is 10.5. The van der Waals surface area contributed by atoms with E-state index in [4.69, 9.17) is 0 Å². The molecular formula is C30H50F5N5O15S5. The number of carbonyl (C=O) groups excluding carboxylic acids is 15. The maximum Gasteiger partial charge on any atom is 0.268 e. The summed E-state index contributed by atoms with van der Waals surface area (Å²) in [6.07, 6.45) is -2.07. The van der Waals surface area contributed by atoms with E-state index in [1.165, 1.54) is 34.6 Å². The Labute approximate surface area is 368 Å². The second kappa shape index (κ2) is 50.6. The number of rotatable bonds is 20. The van der Waals surface area contributed by atoms with Gasteiger partial charge in [0.05, 0.1) is 128 Å². The predicted octanol–water partition coefficient (Wildman–Crippen LogP) is -20.1. The Morgan fingerprint density at radius 2 is 0.350 bits per heavy atom. The van der Waals surface area contributed by atoms with Crippen molar-refractivity contribution in [1.29, 1.82) is 0 Å². The average Bonchev–Trinajstić information content (AvgIpc) is 3.03. The lowest BCUT2D eigenvalue weighted by Crippen LogP contribution is -3.00. The molecular weight excluding hydrogens is 926 g/mol. The zero-order valence-corrected chi connectivity index (χ0v) is 37.6. The van der Waals surface area contributed by atoms with Crippen LogP contribution in [0, 0.1) is 0 Å². The maximum absolute atomic E-state index is 10.7. The molecule has 0 aliphatic carbocycles. The number of amides is 5. The van der Waals surface area contributed by atoms with Crippen molar-refractivity contribution < 1.29 is 95.4 Å². The molecule has 0 unspecified atom stereocenters. The molecule has 0 rings (SSSR count). The molecule has 0 bridgehead atoms. The van der Waals surface area contributed by atoms with Gasteiger partial charge in [-0.3, -0.25) is 71.9 Å². The van der Waals surface area contributed by atoms with Gasteiger partial charge in [0.2, 0.25) is 0 Å². The molecule has 30 heteroatoms. The van der Waals surface area contributed by atoms with Crippen molar-refractivity contribution in [3.63, 3.8) is 0 Å². The average molecular weight is 976 g/mol. The Balaban J connectivity index is -0.0000000638. The second-order valence-electron chi connectivity index (χ2n) is 10.7. The number of carbonyl (C=O) groups is 15. The molecule has 0 aliphatic rings. The van der Waals surface area contributed by atoms with Gasteiger partial charge >= 0.3 is 0 Å². The number of hydrogen-bond donors (Lipinski definition) is 5. The van der Waals surface area contributed by atoms with Crippen molar-refractivity contribution in [3.05, 3.63) is 0 Å². The van der Waals surface area contributed by atoms with Crippen molar-refractivity contribution in [1.82, 2.24) is 23.6 Å². The van der Waals surface area contributed by atoms with Gasteiger partial charge < -0.3 is 23.5 Å². The van der Waals surface area contributed by atoms with E-state index >= 15 is 0 Å². The summed E-state index contributed by atoms with van der Waals surface area (Å²) in [7, 11) is 0. The third kappa shape index (κ3) is 71.2. The first-order valence-electron chi connectivity index (χ1n) is 15.1. The molecule has 0 spiro atoms. The van der Waals surface area contributed by atoms with Gasteiger partial charge in [-0.15, -0.1) is 0 Å². The summed E-state index contributed by atoms with van der Waals surface area (Å²) >= 11 is 13.6. The first kappa shape index (κ1) is 79.6. The molecule has 60 heavy (non-hydrogen) atoms.